The van der Waals surface area contributed by atoms with Crippen molar-refractivity contribution < 1.29 is 19.4 Å². The van der Waals surface area contributed by atoms with Gasteiger partial charge in [0.2, 0.25) is 5.91 Å². The van der Waals surface area contributed by atoms with E-state index in [1.807, 2.05) is 13.8 Å². The van der Waals surface area contributed by atoms with Crippen LogP contribution in [-0.2, 0) is 14.3 Å². The van der Waals surface area contributed by atoms with E-state index in [9.17, 15) is 9.59 Å². The lowest BCUT2D eigenvalue weighted by Gasteiger charge is -2.24. The van der Waals surface area contributed by atoms with E-state index in [0.717, 1.165) is 12.8 Å². The molecule has 5 nitrogen and oxygen atoms in total. The Hall–Kier alpha value is -1.10. The molecule has 0 aliphatic rings. The van der Waals surface area contributed by atoms with Crippen LogP contribution in [0.15, 0.2) is 0 Å². The maximum Gasteiger partial charge on any atom is 0.306 e. The smallest absolute Gasteiger partial charge is 0.306 e. The molecule has 0 spiro atoms. The summed E-state index contributed by atoms with van der Waals surface area (Å²) in [5, 5.41) is 11.6. The second-order valence-corrected chi connectivity index (χ2v) is 5.07. The topological polar surface area (TPSA) is 75.6 Å². The molecule has 0 radical (unpaired) electrons. The van der Waals surface area contributed by atoms with Crippen LogP contribution < -0.4 is 5.32 Å². The van der Waals surface area contributed by atoms with Gasteiger partial charge >= 0.3 is 5.97 Å². The number of aliphatic hydroxyl groups is 1. The molecule has 0 aromatic heterocycles. The van der Waals surface area contributed by atoms with E-state index in [1.165, 1.54) is 0 Å². The van der Waals surface area contributed by atoms with Crippen LogP contribution in [-0.4, -0.2) is 36.7 Å². The van der Waals surface area contributed by atoms with Crippen molar-refractivity contribution in [2.24, 2.45) is 5.41 Å². The maximum absolute atomic E-state index is 11.5. The molecule has 0 unspecified atom stereocenters. The normalized spacial score (nSPS) is 11.1. The number of carbonyl (C=O) groups is 2. The first-order valence-electron chi connectivity index (χ1n) is 6.44. The lowest BCUT2D eigenvalue weighted by Crippen LogP contribution is -2.34. The first kappa shape index (κ1) is 16.9. The third kappa shape index (κ3) is 8.98. The predicted molar refractivity (Wildman–Crippen MR) is 69.0 cm³/mol. The number of carbonyl (C=O) groups excluding carboxylic acids is 2. The lowest BCUT2D eigenvalue weighted by molar-refractivity contribution is -0.144. The second kappa shape index (κ2) is 8.91. The summed E-state index contributed by atoms with van der Waals surface area (Å²) in [6.45, 7) is 6.87. The average molecular weight is 259 g/mol. The molecule has 0 atom stereocenters. The first-order valence-corrected chi connectivity index (χ1v) is 6.44. The van der Waals surface area contributed by atoms with Gasteiger partial charge in [0.1, 0.15) is 0 Å². The van der Waals surface area contributed by atoms with Crippen molar-refractivity contribution in [2.75, 3.05) is 19.8 Å². The Bertz CT molecular complexity index is 264. The van der Waals surface area contributed by atoms with Crippen LogP contribution in [0.25, 0.3) is 0 Å². The van der Waals surface area contributed by atoms with Gasteiger partial charge in [-0.3, -0.25) is 9.59 Å². The summed E-state index contributed by atoms with van der Waals surface area (Å²) in [7, 11) is 0. The Morgan fingerprint density at radius 2 is 1.94 bits per heavy atom. The van der Waals surface area contributed by atoms with Crippen LogP contribution in [0.2, 0.25) is 0 Å². The molecule has 0 rings (SSSR count). The van der Waals surface area contributed by atoms with Gasteiger partial charge in [-0.1, -0.05) is 13.8 Å². The summed E-state index contributed by atoms with van der Waals surface area (Å²) in [5.41, 5.74) is -0.0394. The molecule has 18 heavy (non-hydrogen) atoms. The molecule has 0 aromatic rings. The van der Waals surface area contributed by atoms with Gasteiger partial charge in [0.25, 0.3) is 0 Å². The molecule has 0 heterocycles. The van der Waals surface area contributed by atoms with E-state index >= 15 is 0 Å². The minimum absolute atomic E-state index is 0.0394. The van der Waals surface area contributed by atoms with Gasteiger partial charge in [0, 0.05) is 19.6 Å². The Labute approximate surface area is 109 Å². The number of rotatable bonds is 9. The Kier molecular flexibility index (Phi) is 8.37. The third-order valence-corrected chi connectivity index (χ3v) is 2.64. The van der Waals surface area contributed by atoms with Crippen molar-refractivity contribution in [3.05, 3.63) is 0 Å². The molecule has 0 aliphatic heterocycles. The van der Waals surface area contributed by atoms with Crippen molar-refractivity contribution in [1.29, 1.82) is 0 Å². The van der Waals surface area contributed by atoms with Crippen LogP contribution in [0.1, 0.15) is 46.5 Å². The van der Waals surface area contributed by atoms with Gasteiger partial charge in [-0.2, -0.15) is 0 Å². The summed E-state index contributed by atoms with van der Waals surface area (Å²) in [5.74, 6) is -0.479. The summed E-state index contributed by atoms with van der Waals surface area (Å²) < 4.78 is 4.74. The molecule has 1 amide bonds. The second-order valence-electron chi connectivity index (χ2n) is 5.07. The standard InChI is InChI=1S/C13H25NO4/c1-4-18-12(17)7-6-11(16)14-10-13(2,3)8-5-9-15/h15H,4-10H2,1-3H3,(H,14,16). The first-order chi connectivity index (χ1) is 8.41. The lowest BCUT2D eigenvalue weighted by atomic mass is 9.88. The Balaban J connectivity index is 3.78. The van der Waals surface area contributed by atoms with E-state index < -0.39 is 0 Å². The fourth-order valence-electron chi connectivity index (χ4n) is 1.52. The van der Waals surface area contributed by atoms with Crippen molar-refractivity contribution in [3.8, 4) is 0 Å². The highest BCUT2D eigenvalue weighted by Crippen LogP contribution is 2.20. The van der Waals surface area contributed by atoms with Gasteiger partial charge in [-0.15, -0.1) is 0 Å². The number of aliphatic hydroxyl groups excluding tert-OH is 1. The predicted octanol–water partition coefficient (Wildman–Crippen LogP) is 1.24. The Morgan fingerprint density at radius 1 is 1.28 bits per heavy atom. The molecule has 5 heteroatoms. The maximum atomic E-state index is 11.5. The zero-order valence-corrected chi connectivity index (χ0v) is 11.6. The summed E-state index contributed by atoms with van der Waals surface area (Å²) in [4.78, 5) is 22.6. The summed E-state index contributed by atoms with van der Waals surface area (Å²) >= 11 is 0. The fraction of sp³-hybridized carbons (Fsp3) is 0.846. The van der Waals surface area contributed by atoms with Crippen LogP contribution in [0.4, 0.5) is 0 Å². The minimum atomic E-state index is -0.341. The number of hydrogen-bond acceptors (Lipinski definition) is 4. The average Bonchev–Trinajstić information content (AvgIpc) is 2.32. The van der Waals surface area contributed by atoms with Gasteiger partial charge in [-0.25, -0.2) is 0 Å². The highest BCUT2D eigenvalue weighted by molar-refractivity contribution is 5.81. The largest absolute Gasteiger partial charge is 0.466 e. The quantitative estimate of drug-likeness (QED) is 0.611. The zero-order valence-electron chi connectivity index (χ0n) is 11.6. The van der Waals surface area contributed by atoms with Crippen LogP contribution in [0.3, 0.4) is 0 Å². The highest BCUT2D eigenvalue weighted by atomic mass is 16.5. The molecule has 0 bridgehead atoms. The molecule has 0 saturated carbocycles. The van der Waals surface area contributed by atoms with E-state index in [0.29, 0.717) is 13.2 Å². The van der Waals surface area contributed by atoms with Crippen molar-refractivity contribution in [2.45, 2.75) is 46.5 Å². The minimum Gasteiger partial charge on any atom is -0.466 e. The molecule has 0 aromatic carbocycles. The molecule has 0 aliphatic carbocycles. The SMILES string of the molecule is CCOC(=O)CCC(=O)NCC(C)(C)CCCO. The summed E-state index contributed by atoms with van der Waals surface area (Å²) in [6.07, 6.45) is 1.86. The van der Waals surface area contributed by atoms with Crippen LogP contribution in [0, 0.1) is 5.41 Å². The number of hydrogen-bond donors (Lipinski definition) is 2. The molecular formula is C13H25NO4. The van der Waals surface area contributed by atoms with Crippen molar-refractivity contribution >= 4 is 11.9 Å². The van der Waals surface area contributed by atoms with E-state index in [-0.39, 0.29) is 36.7 Å². The molecule has 106 valence electrons. The summed E-state index contributed by atoms with van der Waals surface area (Å²) in [6, 6.07) is 0. The molecule has 0 saturated heterocycles. The van der Waals surface area contributed by atoms with Gasteiger partial charge in [0.05, 0.1) is 13.0 Å². The number of amides is 1. The monoisotopic (exact) mass is 259 g/mol. The van der Waals surface area contributed by atoms with Gasteiger partial charge < -0.3 is 15.2 Å². The van der Waals surface area contributed by atoms with Gasteiger partial charge in [-0.05, 0) is 25.2 Å². The third-order valence-electron chi connectivity index (χ3n) is 2.64. The van der Waals surface area contributed by atoms with Gasteiger partial charge in [0.15, 0.2) is 0 Å². The number of esters is 1. The van der Waals surface area contributed by atoms with E-state index in [4.69, 9.17) is 9.84 Å². The molecule has 2 N–H and O–H groups in total. The molecule has 0 fully saturated rings. The number of ether oxygens (including phenoxy) is 1. The van der Waals surface area contributed by atoms with E-state index in [2.05, 4.69) is 5.32 Å². The number of nitrogens with one attached hydrogen (secondary N) is 1. The molecular weight excluding hydrogens is 234 g/mol. The van der Waals surface area contributed by atoms with Crippen LogP contribution in [0.5, 0.6) is 0 Å². The fourth-order valence-corrected chi connectivity index (χ4v) is 1.52. The van der Waals surface area contributed by atoms with E-state index in [1.54, 1.807) is 6.92 Å². The zero-order chi connectivity index (χ0) is 14.0. The van der Waals surface area contributed by atoms with Crippen molar-refractivity contribution in [3.63, 3.8) is 0 Å². The Morgan fingerprint density at radius 3 is 2.50 bits per heavy atom. The highest BCUT2D eigenvalue weighted by Gasteiger charge is 2.18. The van der Waals surface area contributed by atoms with Crippen molar-refractivity contribution in [1.82, 2.24) is 5.32 Å². The van der Waals surface area contributed by atoms with Crippen LogP contribution >= 0.6 is 0 Å².